The van der Waals surface area contributed by atoms with Crippen molar-refractivity contribution in [2.75, 3.05) is 0 Å². The topological polar surface area (TPSA) is 20.2 Å². The second-order valence-corrected chi connectivity index (χ2v) is 3.20. The smallest absolute Gasteiger partial charge is 0.324 e. The molecule has 2 heteroatoms. The Morgan fingerprint density at radius 3 is 3.00 bits per heavy atom. The fourth-order valence-electron chi connectivity index (χ4n) is 1.87. The van der Waals surface area contributed by atoms with Crippen molar-refractivity contribution in [3.05, 3.63) is 29.3 Å². The Kier molecular flexibility index (Phi) is 1.50. The summed E-state index contributed by atoms with van der Waals surface area (Å²) in [7, 11) is 0. The molecule has 0 unspecified atom stereocenters. The van der Waals surface area contributed by atoms with E-state index in [1.165, 1.54) is 16.6 Å². The molecule has 0 spiro atoms. The molecule has 1 aromatic rings. The summed E-state index contributed by atoms with van der Waals surface area (Å²) in [6.45, 7) is 1.86. The van der Waals surface area contributed by atoms with Crippen molar-refractivity contribution >= 4 is 12.4 Å². The zero-order valence-corrected chi connectivity index (χ0v) is 6.67. The molecule has 0 aromatic heterocycles. The van der Waals surface area contributed by atoms with Crippen molar-refractivity contribution < 1.29 is 5.02 Å². The minimum atomic E-state index is -0.203. The lowest BCUT2D eigenvalue weighted by Crippen LogP contribution is -2.28. The van der Waals surface area contributed by atoms with Crippen molar-refractivity contribution in [3.8, 4) is 0 Å². The van der Waals surface area contributed by atoms with Crippen LogP contribution in [-0.2, 0) is 6.42 Å². The summed E-state index contributed by atoms with van der Waals surface area (Å²) < 4.78 is 0. The SMILES string of the molecule is Cc1cccc2c1B(O)CC2. The van der Waals surface area contributed by atoms with Gasteiger partial charge in [0.15, 0.2) is 0 Å². The van der Waals surface area contributed by atoms with E-state index in [2.05, 4.69) is 25.1 Å². The molecule has 0 fully saturated rings. The largest absolute Gasteiger partial charge is 0.446 e. The van der Waals surface area contributed by atoms with Crippen LogP contribution in [0, 0.1) is 6.92 Å². The van der Waals surface area contributed by atoms with Crippen molar-refractivity contribution in [1.82, 2.24) is 0 Å². The van der Waals surface area contributed by atoms with Gasteiger partial charge >= 0.3 is 6.92 Å². The molecule has 1 nitrogen and oxygen atoms in total. The van der Waals surface area contributed by atoms with Crippen LogP contribution < -0.4 is 5.46 Å². The molecular formula is C9H11BO. The summed E-state index contributed by atoms with van der Waals surface area (Å²) in [6.07, 6.45) is 1.94. The van der Waals surface area contributed by atoms with Gasteiger partial charge in [0.2, 0.25) is 0 Å². The predicted molar refractivity (Wildman–Crippen MR) is 47.3 cm³/mol. The van der Waals surface area contributed by atoms with Crippen LogP contribution in [0.15, 0.2) is 18.2 Å². The molecule has 2 rings (SSSR count). The molecule has 11 heavy (non-hydrogen) atoms. The summed E-state index contributed by atoms with van der Waals surface area (Å²) in [5.74, 6) is 0. The van der Waals surface area contributed by atoms with E-state index in [1.807, 2.05) is 0 Å². The summed E-state index contributed by atoms with van der Waals surface area (Å²) in [4.78, 5) is 0. The molecule has 1 N–H and O–H groups in total. The van der Waals surface area contributed by atoms with E-state index in [1.54, 1.807) is 0 Å². The van der Waals surface area contributed by atoms with E-state index in [-0.39, 0.29) is 6.92 Å². The third-order valence-corrected chi connectivity index (χ3v) is 2.43. The summed E-state index contributed by atoms with van der Waals surface area (Å²) in [5.41, 5.74) is 3.73. The van der Waals surface area contributed by atoms with E-state index in [9.17, 15) is 5.02 Å². The maximum absolute atomic E-state index is 9.56. The first-order valence-electron chi connectivity index (χ1n) is 4.05. The predicted octanol–water partition coefficient (Wildman–Crippen LogP) is 0.742. The molecule has 0 saturated heterocycles. The summed E-state index contributed by atoms with van der Waals surface area (Å²) in [5, 5.41) is 9.56. The van der Waals surface area contributed by atoms with Crippen LogP contribution in [0.5, 0.6) is 0 Å². The Labute approximate surface area is 67.2 Å². The summed E-state index contributed by atoms with van der Waals surface area (Å²) >= 11 is 0. The minimum absolute atomic E-state index is 0.203. The Hall–Kier alpha value is -0.755. The van der Waals surface area contributed by atoms with Gasteiger partial charge in [0.25, 0.3) is 0 Å². The second kappa shape index (κ2) is 2.38. The molecule has 1 heterocycles. The molecule has 0 saturated carbocycles. The average Bonchev–Trinajstić information content (AvgIpc) is 2.34. The maximum Gasteiger partial charge on any atom is 0.324 e. The van der Waals surface area contributed by atoms with Gasteiger partial charge in [-0.25, -0.2) is 0 Å². The van der Waals surface area contributed by atoms with Crippen molar-refractivity contribution in [2.24, 2.45) is 0 Å². The van der Waals surface area contributed by atoms with E-state index < -0.39 is 0 Å². The molecule has 1 aromatic carbocycles. The molecule has 1 aliphatic rings. The van der Waals surface area contributed by atoms with Gasteiger partial charge in [-0.3, -0.25) is 0 Å². The third-order valence-electron chi connectivity index (χ3n) is 2.43. The fourth-order valence-corrected chi connectivity index (χ4v) is 1.87. The van der Waals surface area contributed by atoms with Crippen molar-refractivity contribution in [2.45, 2.75) is 19.7 Å². The van der Waals surface area contributed by atoms with Gasteiger partial charge < -0.3 is 5.02 Å². The Bertz CT molecular complexity index is 283. The monoisotopic (exact) mass is 146 g/mol. The quantitative estimate of drug-likeness (QED) is 0.535. The highest BCUT2D eigenvalue weighted by Gasteiger charge is 2.25. The van der Waals surface area contributed by atoms with E-state index >= 15 is 0 Å². The first-order valence-corrected chi connectivity index (χ1v) is 4.05. The van der Waals surface area contributed by atoms with E-state index in [4.69, 9.17) is 0 Å². The molecule has 0 atom stereocenters. The summed E-state index contributed by atoms with van der Waals surface area (Å²) in [6, 6.07) is 6.23. The highest BCUT2D eigenvalue weighted by Crippen LogP contribution is 2.14. The van der Waals surface area contributed by atoms with Gasteiger partial charge in [0.1, 0.15) is 0 Å². The van der Waals surface area contributed by atoms with Gasteiger partial charge in [0.05, 0.1) is 0 Å². The normalized spacial score (nSPS) is 15.3. The number of hydrogen-bond acceptors (Lipinski definition) is 1. The van der Waals surface area contributed by atoms with E-state index in [0.29, 0.717) is 0 Å². The Morgan fingerprint density at radius 2 is 2.27 bits per heavy atom. The van der Waals surface area contributed by atoms with Crippen LogP contribution in [0.3, 0.4) is 0 Å². The highest BCUT2D eigenvalue weighted by atomic mass is 16.2. The Balaban J connectivity index is 2.58. The van der Waals surface area contributed by atoms with Crippen LogP contribution in [0.1, 0.15) is 11.1 Å². The number of hydrogen-bond donors (Lipinski definition) is 1. The van der Waals surface area contributed by atoms with Crippen molar-refractivity contribution in [3.63, 3.8) is 0 Å². The lowest BCUT2D eigenvalue weighted by atomic mass is 9.61. The van der Waals surface area contributed by atoms with Gasteiger partial charge in [-0.15, -0.1) is 0 Å². The zero-order chi connectivity index (χ0) is 7.84. The van der Waals surface area contributed by atoms with Gasteiger partial charge in [0, 0.05) is 0 Å². The molecule has 0 amide bonds. The first kappa shape index (κ1) is 6.92. The molecule has 0 aliphatic carbocycles. The van der Waals surface area contributed by atoms with Gasteiger partial charge in [-0.05, 0) is 25.1 Å². The molecule has 0 radical (unpaired) electrons. The minimum Gasteiger partial charge on any atom is -0.446 e. The van der Waals surface area contributed by atoms with Crippen molar-refractivity contribution in [1.29, 1.82) is 0 Å². The molecule has 0 bridgehead atoms. The van der Waals surface area contributed by atoms with E-state index in [0.717, 1.165) is 12.7 Å². The van der Waals surface area contributed by atoms with Gasteiger partial charge in [-0.1, -0.05) is 29.3 Å². The van der Waals surface area contributed by atoms with Crippen LogP contribution >= 0.6 is 0 Å². The zero-order valence-electron chi connectivity index (χ0n) is 6.67. The number of benzene rings is 1. The standard InChI is InChI=1S/C9H11BO/c1-7-3-2-4-8-5-6-10(11)9(7)8/h2-4,11H,5-6H2,1H3. The third kappa shape index (κ3) is 0.981. The average molecular weight is 146 g/mol. The number of fused-ring (bicyclic) bond motifs is 1. The first-order chi connectivity index (χ1) is 5.29. The van der Waals surface area contributed by atoms with Crippen LogP contribution in [0.2, 0.25) is 6.32 Å². The second-order valence-electron chi connectivity index (χ2n) is 3.20. The fraction of sp³-hybridized carbons (Fsp3) is 0.333. The highest BCUT2D eigenvalue weighted by molar-refractivity contribution is 6.68. The lowest BCUT2D eigenvalue weighted by molar-refractivity contribution is 0.587. The van der Waals surface area contributed by atoms with Crippen LogP contribution in [0.4, 0.5) is 0 Å². The van der Waals surface area contributed by atoms with Gasteiger partial charge in [-0.2, -0.15) is 0 Å². The van der Waals surface area contributed by atoms with Crippen LogP contribution in [0.25, 0.3) is 0 Å². The number of rotatable bonds is 0. The lowest BCUT2D eigenvalue weighted by Gasteiger charge is -2.03. The molecule has 1 aliphatic heterocycles. The maximum atomic E-state index is 9.56. The molecule has 56 valence electrons. The number of aryl methyl sites for hydroxylation is 2. The molecular weight excluding hydrogens is 135 g/mol. The van der Waals surface area contributed by atoms with Crippen LogP contribution in [-0.4, -0.2) is 11.9 Å². The Morgan fingerprint density at radius 1 is 1.45 bits per heavy atom.